The van der Waals surface area contributed by atoms with Crippen LogP contribution in [0.1, 0.15) is 0 Å². The van der Waals surface area contributed by atoms with Crippen molar-refractivity contribution in [3.8, 4) is 0 Å². The molecule has 1 heterocycles. The number of nitrogens with zero attached hydrogens (tertiary/aromatic N) is 2. The van der Waals surface area contributed by atoms with Crippen LogP contribution in [0, 0.1) is 0 Å². The van der Waals surface area contributed by atoms with Gasteiger partial charge in [-0.25, -0.2) is 0 Å². The van der Waals surface area contributed by atoms with Gasteiger partial charge >= 0.3 is 5.56 Å². The fourth-order valence-electron chi connectivity index (χ4n) is 0.404. The van der Waals surface area contributed by atoms with E-state index in [1.54, 1.807) is 0 Å². The quantitative estimate of drug-likeness (QED) is 0.715. The van der Waals surface area contributed by atoms with Gasteiger partial charge in [0.25, 0.3) is 0 Å². The molecule has 0 spiro atoms. The third-order valence-corrected chi connectivity index (χ3v) is 2.76. The zero-order valence-electron chi connectivity index (χ0n) is 4.58. The Balaban J connectivity index is 3.50. The minimum atomic E-state index is -0.589. The standard InChI is InChI=1S/C4H2Br2N2O2/c5-2-1-7-8(10)4(9)3(2)6/h1,10H. The summed E-state index contributed by atoms with van der Waals surface area (Å²) in [5.74, 6) is 0. The van der Waals surface area contributed by atoms with Crippen LogP contribution in [0.2, 0.25) is 0 Å². The normalized spacial score (nSPS) is 9.80. The zero-order chi connectivity index (χ0) is 7.72. The number of halogens is 2. The smallest absolute Gasteiger partial charge is 0.318 e. The Hall–Kier alpha value is -0.360. The van der Waals surface area contributed by atoms with Crippen LogP contribution in [-0.4, -0.2) is 15.2 Å². The summed E-state index contributed by atoms with van der Waals surface area (Å²) in [5.41, 5.74) is -0.589. The molecule has 0 aromatic carbocycles. The second-order valence-electron chi connectivity index (χ2n) is 1.50. The molecule has 0 radical (unpaired) electrons. The van der Waals surface area contributed by atoms with Gasteiger partial charge in [0.2, 0.25) is 0 Å². The van der Waals surface area contributed by atoms with E-state index in [0.29, 0.717) is 4.47 Å². The predicted octanol–water partition coefficient (Wildman–Crippen LogP) is 1.01. The van der Waals surface area contributed by atoms with Crippen molar-refractivity contribution in [2.45, 2.75) is 0 Å². The fourth-order valence-corrected chi connectivity index (χ4v) is 0.927. The summed E-state index contributed by atoms with van der Waals surface area (Å²) in [6.07, 6.45) is 1.31. The Morgan fingerprint density at radius 1 is 1.60 bits per heavy atom. The SMILES string of the molecule is O=c1c(Br)c(Br)cnn1O. The summed E-state index contributed by atoms with van der Waals surface area (Å²) in [6, 6.07) is 0. The van der Waals surface area contributed by atoms with Gasteiger partial charge in [-0.3, -0.25) is 4.79 Å². The van der Waals surface area contributed by atoms with Crippen LogP contribution in [0.5, 0.6) is 0 Å². The summed E-state index contributed by atoms with van der Waals surface area (Å²) >= 11 is 6.00. The maximum atomic E-state index is 10.8. The highest BCUT2D eigenvalue weighted by atomic mass is 79.9. The van der Waals surface area contributed by atoms with Crippen LogP contribution in [0.25, 0.3) is 0 Å². The van der Waals surface area contributed by atoms with E-state index in [4.69, 9.17) is 5.21 Å². The molecular formula is C4H2Br2N2O2. The highest BCUT2D eigenvalue weighted by molar-refractivity contribution is 9.13. The van der Waals surface area contributed by atoms with Crippen molar-refractivity contribution in [2.75, 3.05) is 0 Å². The van der Waals surface area contributed by atoms with Crippen LogP contribution in [0.15, 0.2) is 19.9 Å². The van der Waals surface area contributed by atoms with Crippen molar-refractivity contribution in [1.29, 1.82) is 0 Å². The van der Waals surface area contributed by atoms with Crippen molar-refractivity contribution < 1.29 is 5.21 Å². The first-order valence-electron chi connectivity index (χ1n) is 2.25. The van der Waals surface area contributed by atoms with Crippen molar-refractivity contribution in [1.82, 2.24) is 9.94 Å². The van der Waals surface area contributed by atoms with Gasteiger partial charge in [-0.15, -0.1) is 5.10 Å². The Morgan fingerprint density at radius 3 is 2.70 bits per heavy atom. The van der Waals surface area contributed by atoms with Crippen LogP contribution in [0.3, 0.4) is 0 Å². The number of hydrogen-bond donors (Lipinski definition) is 1. The molecule has 0 saturated carbocycles. The minimum absolute atomic E-state index is 0.255. The largest absolute Gasteiger partial charge is 0.409 e. The molecule has 10 heavy (non-hydrogen) atoms. The molecule has 0 unspecified atom stereocenters. The maximum absolute atomic E-state index is 10.8. The first kappa shape index (κ1) is 7.74. The van der Waals surface area contributed by atoms with Crippen LogP contribution >= 0.6 is 31.9 Å². The molecule has 54 valence electrons. The van der Waals surface area contributed by atoms with E-state index in [1.165, 1.54) is 6.20 Å². The number of hydrogen-bond acceptors (Lipinski definition) is 3. The summed E-state index contributed by atoms with van der Waals surface area (Å²) in [6.45, 7) is 0. The van der Waals surface area contributed by atoms with Gasteiger partial charge in [0.05, 0.1) is 10.7 Å². The van der Waals surface area contributed by atoms with Gasteiger partial charge in [-0.05, 0) is 31.9 Å². The predicted molar refractivity (Wildman–Crippen MR) is 41.1 cm³/mol. The third kappa shape index (κ3) is 1.22. The average Bonchev–Trinajstić information content (AvgIpc) is 1.93. The second-order valence-corrected chi connectivity index (χ2v) is 3.15. The lowest BCUT2D eigenvalue weighted by atomic mass is 10.6. The van der Waals surface area contributed by atoms with E-state index in [1.807, 2.05) is 0 Å². The van der Waals surface area contributed by atoms with Crippen molar-refractivity contribution in [3.63, 3.8) is 0 Å². The molecule has 0 aliphatic heterocycles. The van der Waals surface area contributed by atoms with Crippen molar-refractivity contribution in [3.05, 3.63) is 25.5 Å². The van der Waals surface area contributed by atoms with Gasteiger partial charge in [0.15, 0.2) is 0 Å². The molecule has 0 aliphatic carbocycles. The molecule has 0 bridgehead atoms. The van der Waals surface area contributed by atoms with Crippen molar-refractivity contribution >= 4 is 31.9 Å². The summed E-state index contributed by atoms with van der Waals surface area (Å²) < 4.78 is 0.771. The van der Waals surface area contributed by atoms with Gasteiger partial charge < -0.3 is 5.21 Å². The summed E-state index contributed by atoms with van der Waals surface area (Å²) in [5, 5.41) is 12.0. The molecule has 0 amide bonds. The Kier molecular flexibility index (Phi) is 2.10. The van der Waals surface area contributed by atoms with Gasteiger partial charge in [0, 0.05) is 0 Å². The number of aromatic nitrogens is 2. The van der Waals surface area contributed by atoms with E-state index in [2.05, 4.69) is 37.0 Å². The molecule has 1 aromatic heterocycles. The van der Waals surface area contributed by atoms with Gasteiger partial charge in [-0.2, -0.15) is 0 Å². The van der Waals surface area contributed by atoms with Crippen LogP contribution < -0.4 is 5.56 Å². The van der Waals surface area contributed by atoms with Crippen LogP contribution in [-0.2, 0) is 0 Å². The lowest BCUT2D eigenvalue weighted by Crippen LogP contribution is -2.20. The monoisotopic (exact) mass is 268 g/mol. The Morgan fingerprint density at radius 2 is 2.20 bits per heavy atom. The molecule has 0 atom stereocenters. The molecule has 1 rings (SSSR count). The van der Waals surface area contributed by atoms with Gasteiger partial charge in [-0.1, -0.05) is 4.85 Å². The average molecular weight is 270 g/mol. The van der Waals surface area contributed by atoms with E-state index >= 15 is 0 Å². The van der Waals surface area contributed by atoms with E-state index < -0.39 is 5.56 Å². The van der Waals surface area contributed by atoms with E-state index in [0.717, 1.165) is 0 Å². The minimum Gasteiger partial charge on any atom is -0.409 e. The van der Waals surface area contributed by atoms with E-state index in [9.17, 15) is 4.79 Å². The molecule has 1 aromatic rings. The molecule has 0 saturated heterocycles. The number of rotatable bonds is 0. The van der Waals surface area contributed by atoms with Crippen LogP contribution in [0.4, 0.5) is 0 Å². The van der Waals surface area contributed by atoms with E-state index in [-0.39, 0.29) is 9.32 Å². The molecule has 1 N–H and O–H groups in total. The molecule has 0 aliphatic rings. The first-order valence-corrected chi connectivity index (χ1v) is 3.84. The summed E-state index contributed by atoms with van der Waals surface area (Å²) in [4.78, 5) is 11.0. The first-order chi connectivity index (χ1) is 4.63. The molecule has 4 nitrogen and oxygen atoms in total. The molecular weight excluding hydrogens is 268 g/mol. The second kappa shape index (κ2) is 2.71. The Labute approximate surface area is 72.7 Å². The fraction of sp³-hybridized carbons (Fsp3) is 0. The summed E-state index contributed by atoms with van der Waals surface area (Å²) in [7, 11) is 0. The third-order valence-electron chi connectivity index (χ3n) is 0.860. The molecule has 6 heteroatoms. The lowest BCUT2D eigenvalue weighted by Gasteiger charge is -1.94. The topological polar surface area (TPSA) is 55.1 Å². The van der Waals surface area contributed by atoms with Crippen molar-refractivity contribution in [2.24, 2.45) is 0 Å². The molecule has 0 fully saturated rings. The maximum Gasteiger partial charge on any atom is 0.318 e. The Bertz CT molecular complexity index is 309. The zero-order valence-corrected chi connectivity index (χ0v) is 7.76. The highest BCUT2D eigenvalue weighted by Crippen LogP contribution is 2.15. The highest BCUT2D eigenvalue weighted by Gasteiger charge is 2.03. The van der Waals surface area contributed by atoms with Gasteiger partial charge in [0.1, 0.15) is 4.47 Å². The lowest BCUT2D eigenvalue weighted by molar-refractivity contribution is 0.133.